The van der Waals surface area contributed by atoms with E-state index in [4.69, 9.17) is 4.74 Å². The summed E-state index contributed by atoms with van der Waals surface area (Å²) < 4.78 is 19.0. The van der Waals surface area contributed by atoms with E-state index in [1.807, 2.05) is 18.2 Å². The van der Waals surface area contributed by atoms with Crippen LogP contribution in [0.4, 0.5) is 10.1 Å². The van der Waals surface area contributed by atoms with Gasteiger partial charge in [-0.05, 0) is 36.1 Å². The van der Waals surface area contributed by atoms with Crippen molar-refractivity contribution in [2.75, 3.05) is 31.6 Å². The molecule has 132 valence electrons. The lowest BCUT2D eigenvalue weighted by molar-refractivity contribution is -0.120. The van der Waals surface area contributed by atoms with Gasteiger partial charge in [-0.25, -0.2) is 4.39 Å². The maximum absolute atomic E-state index is 13.6. The third kappa shape index (κ3) is 4.29. The molecule has 5 heteroatoms. The molecule has 1 heterocycles. The predicted octanol–water partition coefficient (Wildman–Crippen LogP) is 3.02. The topological polar surface area (TPSA) is 41.6 Å². The first-order chi connectivity index (χ1) is 12.2. The summed E-state index contributed by atoms with van der Waals surface area (Å²) in [6.45, 7) is 2.42. The number of rotatable bonds is 6. The molecule has 0 bridgehead atoms. The van der Waals surface area contributed by atoms with E-state index in [1.54, 1.807) is 25.3 Å². The van der Waals surface area contributed by atoms with E-state index in [0.717, 1.165) is 30.9 Å². The van der Waals surface area contributed by atoms with Gasteiger partial charge in [-0.1, -0.05) is 30.3 Å². The summed E-state index contributed by atoms with van der Waals surface area (Å²) in [5.41, 5.74) is 1.52. The molecule has 1 fully saturated rings. The minimum absolute atomic E-state index is 0.0790. The molecule has 0 saturated carbocycles. The first kappa shape index (κ1) is 17.3. The Morgan fingerprint density at radius 1 is 1.24 bits per heavy atom. The second-order valence-electron chi connectivity index (χ2n) is 6.34. The van der Waals surface area contributed by atoms with Crippen LogP contribution in [0.25, 0.3) is 0 Å². The fourth-order valence-corrected chi connectivity index (χ4v) is 3.24. The number of benzene rings is 2. The van der Waals surface area contributed by atoms with E-state index in [9.17, 15) is 9.18 Å². The van der Waals surface area contributed by atoms with Gasteiger partial charge in [-0.3, -0.25) is 4.79 Å². The van der Waals surface area contributed by atoms with Crippen LogP contribution in [0, 0.1) is 11.7 Å². The number of nitrogens with one attached hydrogen (secondary N) is 1. The normalized spacial score (nSPS) is 16.7. The van der Waals surface area contributed by atoms with Gasteiger partial charge in [0.15, 0.2) is 0 Å². The summed E-state index contributed by atoms with van der Waals surface area (Å²) in [6, 6.07) is 14.4. The number of anilines is 1. The minimum Gasteiger partial charge on any atom is -0.495 e. The third-order valence-corrected chi connectivity index (χ3v) is 4.61. The summed E-state index contributed by atoms with van der Waals surface area (Å²) in [5.74, 6) is 0.780. The van der Waals surface area contributed by atoms with E-state index in [2.05, 4.69) is 16.3 Å². The Kier molecular flexibility index (Phi) is 5.53. The van der Waals surface area contributed by atoms with Crippen molar-refractivity contribution in [2.45, 2.75) is 12.8 Å². The van der Waals surface area contributed by atoms with Crippen molar-refractivity contribution in [3.05, 3.63) is 59.9 Å². The number of ether oxygens (including phenoxy) is 1. The number of para-hydroxylation sites is 2. The van der Waals surface area contributed by atoms with Gasteiger partial charge in [0.1, 0.15) is 11.6 Å². The van der Waals surface area contributed by atoms with Crippen LogP contribution in [-0.4, -0.2) is 32.7 Å². The monoisotopic (exact) mass is 342 g/mol. The van der Waals surface area contributed by atoms with Crippen LogP contribution in [0.5, 0.6) is 5.75 Å². The van der Waals surface area contributed by atoms with Gasteiger partial charge < -0.3 is 15.0 Å². The molecule has 2 aromatic carbocycles. The zero-order chi connectivity index (χ0) is 17.6. The molecule has 0 aliphatic carbocycles. The van der Waals surface area contributed by atoms with Crippen molar-refractivity contribution in [3.8, 4) is 5.75 Å². The maximum atomic E-state index is 13.6. The van der Waals surface area contributed by atoms with Gasteiger partial charge in [0.05, 0.1) is 19.2 Å². The molecule has 25 heavy (non-hydrogen) atoms. The number of nitrogens with zero attached hydrogens (tertiary/aromatic N) is 1. The zero-order valence-corrected chi connectivity index (χ0v) is 14.4. The SMILES string of the molecule is COc1ccccc1N1CC[C@@H](CNC(=O)Cc2ccccc2F)C1. The Bertz CT molecular complexity index is 735. The van der Waals surface area contributed by atoms with Crippen molar-refractivity contribution < 1.29 is 13.9 Å². The Morgan fingerprint density at radius 3 is 2.80 bits per heavy atom. The van der Waals surface area contributed by atoms with Gasteiger partial charge in [0.25, 0.3) is 0 Å². The molecule has 1 aliphatic heterocycles. The Labute approximate surface area is 147 Å². The van der Waals surface area contributed by atoms with E-state index in [0.29, 0.717) is 18.0 Å². The van der Waals surface area contributed by atoms with Crippen molar-refractivity contribution >= 4 is 11.6 Å². The van der Waals surface area contributed by atoms with Gasteiger partial charge in [-0.15, -0.1) is 0 Å². The highest BCUT2D eigenvalue weighted by Gasteiger charge is 2.24. The number of hydrogen-bond donors (Lipinski definition) is 1. The highest BCUT2D eigenvalue weighted by Crippen LogP contribution is 2.31. The van der Waals surface area contributed by atoms with Crippen molar-refractivity contribution in [3.63, 3.8) is 0 Å². The summed E-state index contributed by atoms with van der Waals surface area (Å²) in [6.07, 6.45) is 1.09. The molecule has 1 atom stereocenters. The van der Waals surface area contributed by atoms with Gasteiger partial charge in [0.2, 0.25) is 5.91 Å². The summed E-state index contributed by atoms with van der Waals surface area (Å²) in [4.78, 5) is 14.3. The third-order valence-electron chi connectivity index (χ3n) is 4.61. The lowest BCUT2D eigenvalue weighted by atomic mass is 10.1. The first-order valence-corrected chi connectivity index (χ1v) is 8.55. The second kappa shape index (κ2) is 8.01. The summed E-state index contributed by atoms with van der Waals surface area (Å²) in [7, 11) is 1.68. The molecule has 1 saturated heterocycles. The highest BCUT2D eigenvalue weighted by atomic mass is 19.1. The fraction of sp³-hybridized carbons (Fsp3) is 0.350. The molecular formula is C20H23FN2O2. The molecule has 0 unspecified atom stereocenters. The molecule has 1 aliphatic rings. The van der Waals surface area contributed by atoms with Gasteiger partial charge in [0, 0.05) is 19.6 Å². The molecular weight excluding hydrogens is 319 g/mol. The fourth-order valence-electron chi connectivity index (χ4n) is 3.24. The second-order valence-corrected chi connectivity index (χ2v) is 6.34. The maximum Gasteiger partial charge on any atom is 0.224 e. The van der Waals surface area contributed by atoms with Crippen molar-refractivity contribution in [1.82, 2.24) is 5.32 Å². The number of carbonyl (C=O) groups is 1. The number of methoxy groups -OCH3 is 1. The van der Waals surface area contributed by atoms with Crippen molar-refractivity contribution in [1.29, 1.82) is 0 Å². The summed E-state index contributed by atoms with van der Waals surface area (Å²) >= 11 is 0. The predicted molar refractivity (Wildman–Crippen MR) is 96.4 cm³/mol. The number of amides is 1. The van der Waals surface area contributed by atoms with Crippen LogP contribution in [0.2, 0.25) is 0 Å². The Morgan fingerprint density at radius 2 is 2.00 bits per heavy atom. The lowest BCUT2D eigenvalue weighted by Crippen LogP contribution is -2.32. The van der Waals surface area contributed by atoms with Crippen LogP contribution >= 0.6 is 0 Å². The first-order valence-electron chi connectivity index (χ1n) is 8.55. The van der Waals surface area contributed by atoms with E-state index in [1.165, 1.54) is 6.07 Å². The van der Waals surface area contributed by atoms with Crippen molar-refractivity contribution in [2.24, 2.45) is 5.92 Å². The number of halogens is 1. The van der Waals surface area contributed by atoms with E-state index < -0.39 is 0 Å². The molecule has 1 N–H and O–H groups in total. The number of hydrogen-bond acceptors (Lipinski definition) is 3. The minimum atomic E-state index is -0.333. The van der Waals surface area contributed by atoms with Crippen LogP contribution in [0.15, 0.2) is 48.5 Å². The molecule has 1 amide bonds. The van der Waals surface area contributed by atoms with E-state index >= 15 is 0 Å². The Balaban J connectivity index is 1.50. The molecule has 0 radical (unpaired) electrons. The average Bonchev–Trinajstić information content (AvgIpc) is 3.11. The summed E-state index contributed by atoms with van der Waals surface area (Å²) in [5, 5.41) is 2.94. The smallest absolute Gasteiger partial charge is 0.224 e. The Hall–Kier alpha value is -2.56. The highest BCUT2D eigenvalue weighted by molar-refractivity contribution is 5.78. The van der Waals surface area contributed by atoms with Crippen LogP contribution < -0.4 is 15.0 Å². The molecule has 2 aromatic rings. The quantitative estimate of drug-likeness (QED) is 0.877. The standard InChI is InChI=1S/C20H23FN2O2/c1-25-19-9-5-4-8-18(19)23-11-10-15(14-23)13-22-20(24)12-16-6-2-3-7-17(16)21/h2-9,15H,10-14H2,1H3,(H,22,24)/t15-/m0/s1. The number of carbonyl (C=O) groups excluding carboxylic acids is 1. The zero-order valence-electron chi connectivity index (χ0n) is 14.4. The largest absolute Gasteiger partial charge is 0.495 e. The van der Waals surface area contributed by atoms with Gasteiger partial charge >= 0.3 is 0 Å². The lowest BCUT2D eigenvalue weighted by Gasteiger charge is -2.21. The molecule has 4 nitrogen and oxygen atoms in total. The van der Waals surface area contributed by atoms with Gasteiger partial charge in [-0.2, -0.15) is 0 Å². The van der Waals surface area contributed by atoms with Crippen LogP contribution in [-0.2, 0) is 11.2 Å². The van der Waals surface area contributed by atoms with Crippen LogP contribution in [0.1, 0.15) is 12.0 Å². The molecule has 0 spiro atoms. The average molecular weight is 342 g/mol. The van der Waals surface area contributed by atoms with Crippen LogP contribution in [0.3, 0.4) is 0 Å². The molecule has 3 rings (SSSR count). The molecule has 0 aromatic heterocycles. The van der Waals surface area contributed by atoms with E-state index in [-0.39, 0.29) is 18.1 Å².